The minimum Gasteiger partial charge on any atom is -0.480 e. The van der Waals surface area contributed by atoms with Crippen LogP contribution < -0.4 is 5.32 Å². The third-order valence-electron chi connectivity index (χ3n) is 2.28. The molecule has 0 saturated heterocycles. The Morgan fingerprint density at radius 2 is 2.27 bits per heavy atom. The molecule has 1 atom stereocenters. The van der Waals surface area contributed by atoms with E-state index in [2.05, 4.69) is 11.9 Å². The van der Waals surface area contributed by atoms with Gasteiger partial charge >= 0.3 is 12.0 Å². The molecule has 1 saturated carbocycles. The molecule has 5 nitrogen and oxygen atoms in total. The fourth-order valence-electron chi connectivity index (χ4n) is 1.25. The summed E-state index contributed by atoms with van der Waals surface area (Å²) in [6, 6.07) is -0.931. The molecule has 1 fully saturated rings. The fourth-order valence-corrected chi connectivity index (χ4v) is 1.25. The number of amides is 2. The second-order valence-electron chi connectivity index (χ2n) is 3.68. The molecule has 1 aliphatic rings. The number of hydrogen-bond donors (Lipinski definition) is 2. The number of carboxylic acid groups (broad SMARTS) is 1. The summed E-state index contributed by atoms with van der Waals surface area (Å²) in [7, 11) is 0. The Morgan fingerprint density at radius 1 is 1.67 bits per heavy atom. The van der Waals surface area contributed by atoms with E-state index < -0.39 is 12.0 Å². The summed E-state index contributed by atoms with van der Waals surface area (Å²) in [5.41, 5.74) is 0. The average Bonchev–Trinajstić information content (AvgIpc) is 2.97. The van der Waals surface area contributed by atoms with Gasteiger partial charge in [-0.25, -0.2) is 4.79 Å². The maximum absolute atomic E-state index is 11.6. The Bertz CT molecular complexity index is 274. The number of carbonyl (C=O) groups is 2. The third kappa shape index (κ3) is 3.27. The number of aliphatic carboxylic acids is 1. The number of urea groups is 1. The molecule has 0 aromatic carbocycles. The number of rotatable bonds is 5. The zero-order chi connectivity index (χ0) is 11.4. The number of carbonyl (C=O) groups excluding carboxylic acids is 1. The molecular weight excluding hydrogens is 196 g/mol. The summed E-state index contributed by atoms with van der Waals surface area (Å²) >= 11 is 0. The maximum Gasteiger partial charge on any atom is 0.325 e. The van der Waals surface area contributed by atoms with Crippen molar-refractivity contribution < 1.29 is 14.7 Å². The molecule has 0 heterocycles. The quantitative estimate of drug-likeness (QED) is 0.663. The van der Waals surface area contributed by atoms with Gasteiger partial charge in [0.2, 0.25) is 0 Å². The van der Waals surface area contributed by atoms with E-state index in [4.69, 9.17) is 5.11 Å². The van der Waals surface area contributed by atoms with E-state index in [0.29, 0.717) is 6.54 Å². The van der Waals surface area contributed by atoms with Crippen molar-refractivity contribution in [3.63, 3.8) is 0 Å². The van der Waals surface area contributed by atoms with Gasteiger partial charge in [-0.2, -0.15) is 0 Å². The van der Waals surface area contributed by atoms with Gasteiger partial charge in [-0.15, -0.1) is 6.58 Å². The van der Waals surface area contributed by atoms with Gasteiger partial charge in [-0.3, -0.25) is 4.79 Å². The number of nitrogens with zero attached hydrogens (tertiary/aromatic N) is 1. The molecule has 84 valence electrons. The zero-order valence-electron chi connectivity index (χ0n) is 8.77. The van der Waals surface area contributed by atoms with Crippen LogP contribution >= 0.6 is 0 Å². The van der Waals surface area contributed by atoms with Crippen molar-refractivity contribution in [1.29, 1.82) is 0 Å². The first-order valence-corrected chi connectivity index (χ1v) is 4.97. The van der Waals surface area contributed by atoms with Crippen molar-refractivity contribution in [1.82, 2.24) is 10.2 Å². The van der Waals surface area contributed by atoms with Gasteiger partial charge in [0.05, 0.1) is 0 Å². The summed E-state index contributed by atoms with van der Waals surface area (Å²) in [6.07, 6.45) is 3.62. The largest absolute Gasteiger partial charge is 0.480 e. The van der Waals surface area contributed by atoms with Crippen molar-refractivity contribution in [2.45, 2.75) is 31.8 Å². The summed E-state index contributed by atoms with van der Waals surface area (Å²) in [5, 5.41) is 11.1. The van der Waals surface area contributed by atoms with Gasteiger partial charge in [0.1, 0.15) is 6.04 Å². The monoisotopic (exact) mass is 212 g/mol. The van der Waals surface area contributed by atoms with E-state index in [9.17, 15) is 9.59 Å². The maximum atomic E-state index is 11.6. The van der Waals surface area contributed by atoms with Crippen LogP contribution in [0.5, 0.6) is 0 Å². The smallest absolute Gasteiger partial charge is 0.325 e. The molecule has 2 N–H and O–H groups in total. The lowest BCUT2D eigenvalue weighted by Crippen LogP contribution is -2.47. The van der Waals surface area contributed by atoms with E-state index >= 15 is 0 Å². The first-order valence-electron chi connectivity index (χ1n) is 4.97. The first-order chi connectivity index (χ1) is 7.06. The minimum absolute atomic E-state index is 0.254. The molecule has 0 bridgehead atoms. The van der Waals surface area contributed by atoms with Gasteiger partial charge in [-0.1, -0.05) is 6.08 Å². The molecular formula is C10H16N2O3. The molecule has 0 spiro atoms. The highest BCUT2D eigenvalue weighted by atomic mass is 16.4. The van der Waals surface area contributed by atoms with Crippen LogP contribution in [-0.2, 0) is 4.79 Å². The molecule has 1 aliphatic carbocycles. The van der Waals surface area contributed by atoms with E-state index in [-0.39, 0.29) is 12.1 Å². The van der Waals surface area contributed by atoms with Crippen molar-refractivity contribution in [2.24, 2.45) is 0 Å². The molecule has 0 aromatic heterocycles. The molecule has 15 heavy (non-hydrogen) atoms. The van der Waals surface area contributed by atoms with E-state index in [1.807, 2.05) is 0 Å². The highest BCUT2D eigenvalue weighted by Crippen LogP contribution is 2.26. The van der Waals surface area contributed by atoms with Gasteiger partial charge in [0, 0.05) is 12.6 Å². The topological polar surface area (TPSA) is 69.6 Å². The third-order valence-corrected chi connectivity index (χ3v) is 2.28. The summed E-state index contributed by atoms with van der Waals surface area (Å²) in [6.45, 7) is 5.47. The van der Waals surface area contributed by atoms with Crippen LogP contribution in [0.4, 0.5) is 4.79 Å². The molecule has 1 rings (SSSR count). The highest BCUT2D eigenvalue weighted by Gasteiger charge is 2.32. The van der Waals surface area contributed by atoms with Crippen LogP contribution in [0.2, 0.25) is 0 Å². The van der Waals surface area contributed by atoms with Crippen molar-refractivity contribution in [3.8, 4) is 0 Å². The Hall–Kier alpha value is -1.52. The van der Waals surface area contributed by atoms with Crippen LogP contribution in [0.3, 0.4) is 0 Å². The number of carboxylic acids is 1. The number of hydrogen-bond acceptors (Lipinski definition) is 2. The summed E-state index contributed by atoms with van der Waals surface area (Å²) < 4.78 is 0. The highest BCUT2D eigenvalue weighted by molar-refractivity contribution is 5.82. The Morgan fingerprint density at radius 3 is 2.67 bits per heavy atom. The van der Waals surface area contributed by atoms with Crippen molar-refractivity contribution in [3.05, 3.63) is 12.7 Å². The molecule has 0 aliphatic heterocycles. The van der Waals surface area contributed by atoms with Crippen LogP contribution in [0.25, 0.3) is 0 Å². The second kappa shape index (κ2) is 4.82. The van der Waals surface area contributed by atoms with Crippen molar-refractivity contribution in [2.75, 3.05) is 6.54 Å². The van der Waals surface area contributed by atoms with E-state index in [1.54, 1.807) is 11.0 Å². The van der Waals surface area contributed by atoms with Crippen molar-refractivity contribution >= 4 is 12.0 Å². The Balaban J connectivity index is 2.48. The predicted molar refractivity (Wildman–Crippen MR) is 55.6 cm³/mol. The summed E-state index contributed by atoms with van der Waals surface area (Å²) in [5.74, 6) is -1.03. The Kier molecular flexibility index (Phi) is 3.71. The Labute approximate surface area is 88.8 Å². The van der Waals surface area contributed by atoms with Gasteiger partial charge in [0.15, 0.2) is 0 Å². The average molecular weight is 212 g/mol. The van der Waals surface area contributed by atoms with Gasteiger partial charge < -0.3 is 15.3 Å². The molecule has 0 unspecified atom stereocenters. The standard InChI is InChI=1S/C10H16N2O3/c1-3-6-12(8-4-5-8)10(15)11-7(2)9(13)14/h3,7-8H,1,4-6H2,2H3,(H,11,15)(H,13,14)/t7-/m1/s1. The summed E-state index contributed by atoms with van der Waals surface area (Å²) in [4.78, 5) is 23.8. The zero-order valence-corrected chi connectivity index (χ0v) is 8.77. The fraction of sp³-hybridized carbons (Fsp3) is 0.600. The molecule has 5 heteroatoms. The van der Waals surface area contributed by atoms with E-state index in [1.165, 1.54) is 6.92 Å². The lowest BCUT2D eigenvalue weighted by molar-refractivity contribution is -0.138. The minimum atomic E-state index is -1.03. The van der Waals surface area contributed by atoms with E-state index in [0.717, 1.165) is 12.8 Å². The van der Waals surface area contributed by atoms with Crippen LogP contribution in [0, 0.1) is 0 Å². The normalized spacial score (nSPS) is 16.6. The second-order valence-corrected chi connectivity index (χ2v) is 3.68. The molecule has 0 aromatic rings. The lowest BCUT2D eigenvalue weighted by atomic mass is 10.3. The first kappa shape index (κ1) is 11.6. The SMILES string of the molecule is C=CCN(C(=O)N[C@H](C)C(=O)O)C1CC1. The van der Waals surface area contributed by atoms with Gasteiger partial charge in [0.25, 0.3) is 0 Å². The number of nitrogens with one attached hydrogen (secondary N) is 1. The molecule has 0 radical (unpaired) electrons. The molecule has 2 amide bonds. The lowest BCUT2D eigenvalue weighted by Gasteiger charge is -2.22. The van der Waals surface area contributed by atoms with Gasteiger partial charge in [-0.05, 0) is 19.8 Å². The van der Waals surface area contributed by atoms with Crippen LogP contribution in [0.15, 0.2) is 12.7 Å². The van der Waals surface area contributed by atoms with Crippen LogP contribution in [-0.4, -0.2) is 40.6 Å². The van der Waals surface area contributed by atoms with Crippen LogP contribution in [0.1, 0.15) is 19.8 Å². The predicted octanol–water partition coefficient (Wildman–Crippen LogP) is 0.820.